The SMILES string of the molecule is Cc1[nH]ncc1C(=O)N1CCC2(CC1)CCN2C(=O)c1ccc2[nH]ncc2c1. The molecule has 2 aliphatic rings. The second kappa shape index (κ2) is 6.19. The van der Waals surface area contributed by atoms with E-state index in [0.717, 1.165) is 42.4 Å². The Hall–Kier alpha value is -3.16. The summed E-state index contributed by atoms with van der Waals surface area (Å²) in [5.41, 5.74) is 2.92. The zero-order valence-corrected chi connectivity index (χ0v) is 15.7. The second-order valence-corrected chi connectivity index (χ2v) is 7.80. The Balaban J connectivity index is 1.30. The summed E-state index contributed by atoms with van der Waals surface area (Å²) in [6, 6.07) is 5.65. The van der Waals surface area contributed by atoms with E-state index >= 15 is 0 Å². The van der Waals surface area contributed by atoms with Crippen molar-refractivity contribution in [2.75, 3.05) is 19.6 Å². The van der Waals surface area contributed by atoms with Crippen LogP contribution in [0.4, 0.5) is 0 Å². The number of likely N-dealkylation sites (tertiary alicyclic amines) is 2. The number of carbonyl (C=O) groups excluding carboxylic acids is 2. The molecule has 8 heteroatoms. The van der Waals surface area contributed by atoms with Gasteiger partial charge in [-0.2, -0.15) is 10.2 Å². The first-order chi connectivity index (χ1) is 13.6. The molecule has 4 heterocycles. The van der Waals surface area contributed by atoms with Crippen LogP contribution in [0.5, 0.6) is 0 Å². The van der Waals surface area contributed by atoms with Gasteiger partial charge in [0.2, 0.25) is 0 Å². The van der Waals surface area contributed by atoms with Crippen LogP contribution in [0.2, 0.25) is 0 Å². The van der Waals surface area contributed by atoms with Gasteiger partial charge in [0.15, 0.2) is 0 Å². The van der Waals surface area contributed by atoms with Gasteiger partial charge in [0, 0.05) is 41.8 Å². The molecule has 2 aliphatic heterocycles. The van der Waals surface area contributed by atoms with E-state index in [9.17, 15) is 9.59 Å². The average molecular weight is 378 g/mol. The van der Waals surface area contributed by atoms with Crippen molar-refractivity contribution in [2.45, 2.75) is 31.7 Å². The van der Waals surface area contributed by atoms with Crippen LogP contribution in [0.25, 0.3) is 10.9 Å². The summed E-state index contributed by atoms with van der Waals surface area (Å²) in [6.45, 7) is 3.95. The summed E-state index contributed by atoms with van der Waals surface area (Å²) in [4.78, 5) is 29.7. The van der Waals surface area contributed by atoms with Gasteiger partial charge in [-0.25, -0.2) is 0 Å². The predicted molar refractivity (Wildman–Crippen MR) is 103 cm³/mol. The van der Waals surface area contributed by atoms with E-state index in [1.807, 2.05) is 34.9 Å². The lowest BCUT2D eigenvalue weighted by Crippen LogP contribution is -2.66. The summed E-state index contributed by atoms with van der Waals surface area (Å²) >= 11 is 0. The smallest absolute Gasteiger partial charge is 0.257 e. The molecule has 2 aromatic heterocycles. The van der Waals surface area contributed by atoms with Gasteiger partial charge in [-0.05, 0) is 44.4 Å². The quantitative estimate of drug-likeness (QED) is 0.714. The van der Waals surface area contributed by atoms with Gasteiger partial charge in [0.25, 0.3) is 11.8 Å². The summed E-state index contributed by atoms with van der Waals surface area (Å²) in [7, 11) is 0. The minimum Gasteiger partial charge on any atom is -0.338 e. The molecule has 0 unspecified atom stereocenters. The largest absolute Gasteiger partial charge is 0.338 e. The number of rotatable bonds is 2. The predicted octanol–water partition coefficient (Wildman–Crippen LogP) is 2.12. The zero-order chi connectivity index (χ0) is 19.3. The van der Waals surface area contributed by atoms with Crippen LogP contribution in [0.3, 0.4) is 0 Å². The highest BCUT2D eigenvalue weighted by molar-refractivity contribution is 5.99. The molecule has 0 saturated carbocycles. The monoisotopic (exact) mass is 378 g/mol. The molecule has 3 aromatic rings. The third-order valence-electron chi connectivity index (χ3n) is 6.35. The van der Waals surface area contributed by atoms with Gasteiger partial charge >= 0.3 is 0 Å². The van der Waals surface area contributed by atoms with Crippen molar-refractivity contribution in [1.82, 2.24) is 30.2 Å². The normalized spacial score (nSPS) is 18.5. The van der Waals surface area contributed by atoms with E-state index in [1.54, 1.807) is 12.4 Å². The number of aromatic nitrogens is 4. The molecular weight excluding hydrogens is 356 g/mol. The maximum absolute atomic E-state index is 13.1. The Bertz CT molecular complexity index is 1060. The number of aryl methyl sites for hydroxylation is 1. The minimum absolute atomic E-state index is 0.0173. The lowest BCUT2D eigenvalue weighted by molar-refractivity contribution is -0.0348. The maximum Gasteiger partial charge on any atom is 0.257 e. The Morgan fingerprint density at radius 1 is 1.00 bits per heavy atom. The highest BCUT2D eigenvalue weighted by atomic mass is 16.2. The number of hydrogen-bond donors (Lipinski definition) is 2. The molecular formula is C20H22N6O2. The van der Waals surface area contributed by atoms with Gasteiger partial charge in [-0.1, -0.05) is 0 Å². The molecule has 0 atom stereocenters. The summed E-state index contributed by atoms with van der Waals surface area (Å²) in [5, 5.41) is 14.6. The van der Waals surface area contributed by atoms with E-state index in [1.165, 1.54) is 0 Å². The number of amides is 2. The number of piperidine rings is 1. The minimum atomic E-state index is -0.120. The average Bonchev–Trinajstić information content (AvgIpc) is 3.34. The molecule has 2 saturated heterocycles. The molecule has 0 aliphatic carbocycles. The fraction of sp³-hybridized carbons (Fsp3) is 0.400. The highest BCUT2D eigenvalue weighted by Gasteiger charge is 2.49. The fourth-order valence-corrected chi connectivity index (χ4v) is 4.47. The van der Waals surface area contributed by atoms with Crippen molar-refractivity contribution in [3.05, 3.63) is 47.4 Å². The molecule has 28 heavy (non-hydrogen) atoms. The first-order valence-corrected chi connectivity index (χ1v) is 9.62. The Kier molecular flexibility index (Phi) is 3.75. The Morgan fingerprint density at radius 3 is 2.43 bits per heavy atom. The summed E-state index contributed by atoms with van der Waals surface area (Å²) in [6.07, 6.45) is 5.96. The van der Waals surface area contributed by atoms with Crippen molar-refractivity contribution in [3.8, 4) is 0 Å². The maximum atomic E-state index is 13.1. The van der Waals surface area contributed by atoms with Crippen molar-refractivity contribution in [2.24, 2.45) is 0 Å². The number of carbonyl (C=O) groups is 2. The molecule has 0 bridgehead atoms. The standard InChI is InChI=1S/C20H22N6O2/c1-13-16(12-22-23-13)19(28)25-7-4-20(5-8-25)6-9-26(20)18(27)14-2-3-17-15(10-14)11-21-24-17/h2-3,10-12H,4-9H2,1H3,(H,21,24)(H,22,23). The third-order valence-corrected chi connectivity index (χ3v) is 6.35. The number of H-pyrrole nitrogens is 2. The van der Waals surface area contributed by atoms with Crippen molar-refractivity contribution in [1.29, 1.82) is 0 Å². The van der Waals surface area contributed by atoms with E-state index in [-0.39, 0.29) is 17.4 Å². The first-order valence-electron chi connectivity index (χ1n) is 9.62. The van der Waals surface area contributed by atoms with Crippen molar-refractivity contribution < 1.29 is 9.59 Å². The number of benzene rings is 1. The second-order valence-electron chi connectivity index (χ2n) is 7.80. The summed E-state index contributed by atoms with van der Waals surface area (Å²) < 4.78 is 0. The van der Waals surface area contributed by atoms with Crippen LogP contribution < -0.4 is 0 Å². The fourth-order valence-electron chi connectivity index (χ4n) is 4.47. The van der Waals surface area contributed by atoms with Crippen LogP contribution in [0.15, 0.2) is 30.6 Å². The zero-order valence-electron chi connectivity index (χ0n) is 15.7. The van der Waals surface area contributed by atoms with Gasteiger partial charge in [0.05, 0.1) is 23.5 Å². The van der Waals surface area contributed by atoms with Gasteiger partial charge in [-0.3, -0.25) is 19.8 Å². The molecule has 8 nitrogen and oxygen atoms in total. The topological polar surface area (TPSA) is 98.0 Å². The van der Waals surface area contributed by atoms with Gasteiger partial charge in [-0.15, -0.1) is 0 Å². The molecule has 144 valence electrons. The van der Waals surface area contributed by atoms with Crippen molar-refractivity contribution >= 4 is 22.7 Å². The Labute approximate surface area is 161 Å². The number of hydrogen-bond acceptors (Lipinski definition) is 4. The van der Waals surface area contributed by atoms with E-state index in [2.05, 4.69) is 20.4 Å². The van der Waals surface area contributed by atoms with Crippen LogP contribution in [0.1, 0.15) is 45.7 Å². The van der Waals surface area contributed by atoms with Crippen molar-refractivity contribution in [3.63, 3.8) is 0 Å². The van der Waals surface area contributed by atoms with Crippen LogP contribution in [-0.2, 0) is 0 Å². The lowest BCUT2D eigenvalue weighted by Gasteiger charge is -2.56. The van der Waals surface area contributed by atoms with E-state index in [4.69, 9.17) is 0 Å². The highest BCUT2D eigenvalue weighted by Crippen LogP contribution is 2.41. The van der Waals surface area contributed by atoms with Gasteiger partial charge < -0.3 is 9.80 Å². The van der Waals surface area contributed by atoms with Crippen LogP contribution in [-0.4, -0.2) is 67.2 Å². The molecule has 2 N–H and O–H groups in total. The molecule has 0 radical (unpaired) electrons. The molecule has 2 amide bonds. The first kappa shape index (κ1) is 17.0. The van der Waals surface area contributed by atoms with Gasteiger partial charge in [0.1, 0.15) is 0 Å². The summed E-state index contributed by atoms with van der Waals surface area (Å²) in [5.74, 6) is 0.0866. The van der Waals surface area contributed by atoms with E-state index in [0.29, 0.717) is 24.2 Å². The van der Waals surface area contributed by atoms with Crippen LogP contribution in [0, 0.1) is 6.92 Å². The molecule has 2 fully saturated rings. The Morgan fingerprint density at radius 2 is 1.75 bits per heavy atom. The lowest BCUT2D eigenvalue weighted by atomic mass is 9.75. The molecule has 1 aromatic carbocycles. The number of nitrogens with zero attached hydrogens (tertiary/aromatic N) is 4. The molecule has 1 spiro atoms. The number of aromatic amines is 2. The number of nitrogens with one attached hydrogen (secondary N) is 2. The van der Waals surface area contributed by atoms with Crippen LogP contribution >= 0.6 is 0 Å². The van der Waals surface area contributed by atoms with E-state index < -0.39 is 0 Å². The molecule has 5 rings (SSSR count). The number of fused-ring (bicyclic) bond motifs is 1. The third kappa shape index (κ3) is 2.51.